The second kappa shape index (κ2) is 9.28. The fourth-order valence-electron chi connectivity index (χ4n) is 3.66. The average molecular weight is 448 g/mol. The van der Waals surface area contributed by atoms with Crippen LogP contribution in [0, 0.1) is 0 Å². The number of amides is 1. The van der Waals surface area contributed by atoms with Gasteiger partial charge >= 0.3 is 0 Å². The molecule has 0 aliphatic carbocycles. The molecule has 1 heterocycles. The number of fused-ring (bicyclic) bond motifs is 1. The summed E-state index contributed by atoms with van der Waals surface area (Å²) < 4.78 is 27.2. The van der Waals surface area contributed by atoms with Crippen molar-refractivity contribution in [2.75, 3.05) is 29.8 Å². The standard InChI is InChI=1S/C25H25N3O3S/c1-27-16-17-28(19-22-9-5-6-10-24(22)27)25(29)21-11-13-23(14-12-21)26-32(30,31)18-15-20-7-3-2-4-8-20/h2-15,18,26H,16-17,19H2,1H3/b18-15+. The zero-order valence-electron chi connectivity index (χ0n) is 17.8. The lowest BCUT2D eigenvalue weighted by molar-refractivity contribution is 0.0752. The van der Waals surface area contributed by atoms with Crippen LogP contribution in [0.4, 0.5) is 11.4 Å². The molecule has 32 heavy (non-hydrogen) atoms. The van der Waals surface area contributed by atoms with E-state index in [-0.39, 0.29) is 5.91 Å². The van der Waals surface area contributed by atoms with Crippen LogP contribution in [0.1, 0.15) is 21.5 Å². The fraction of sp³-hybridized carbons (Fsp3) is 0.160. The van der Waals surface area contributed by atoms with E-state index in [9.17, 15) is 13.2 Å². The second-order valence-corrected chi connectivity index (χ2v) is 9.28. The van der Waals surface area contributed by atoms with Crippen molar-refractivity contribution in [1.82, 2.24) is 4.90 Å². The van der Waals surface area contributed by atoms with Gasteiger partial charge in [-0.15, -0.1) is 0 Å². The van der Waals surface area contributed by atoms with Gasteiger partial charge in [0.1, 0.15) is 0 Å². The van der Waals surface area contributed by atoms with Gasteiger partial charge < -0.3 is 9.80 Å². The summed E-state index contributed by atoms with van der Waals surface area (Å²) in [6.07, 6.45) is 1.54. The van der Waals surface area contributed by atoms with Gasteiger partial charge in [-0.1, -0.05) is 48.5 Å². The molecule has 0 unspecified atom stereocenters. The van der Waals surface area contributed by atoms with E-state index in [2.05, 4.69) is 15.7 Å². The third-order valence-electron chi connectivity index (χ3n) is 5.39. The molecule has 0 bridgehead atoms. The minimum Gasteiger partial charge on any atom is -0.373 e. The fourth-order valence-corrected chi connectivity index (χ4v) is 4.53. The van der Waals surface area contributed by atoms with Gasteiger partial charge in [-0.2, -0.15) is 0 Å². The highest BCUT2D eigenvalue weighted by Gasteiger charge is 2.22. The van der Waals surface area contributed by atoms with Crippen LogP contribution in [-0.2, 0) is 16.6 Å². The molecule has 1 amide bonds. The Hall–Kier alpha value is -3.58. The van der Waals surface area contributed by atoms with E-state index in [0.29, 0.717) is 24.3 Å². The number of carbonyl (C=O) groups is 1. The highest BCUT2D eigenvalue weighted by atomic mass is 32.2. The lowest BCUT2D eigenvalue weighted by atomic mass is 10.1. The number of sulfonamides is 1. The molecule has 0 atom stereocenters. The number of nitrogens with zero attached hydrogens (tertiary/aromatic N) is 2. The van der Waals surface area contributed by atoms with Crippen LogP contribution in [0.5, 0.6) is 0 Å². The molecule has 0 aromatic heterocycles. The molecule has 164 valence electrons. The molecule has 0 saturated heterocycles. The zero-order chi connectivity index (χ0) is 22.6. The van der Waals surface area contributed by atoms with Crippen molar-refractivity contribution in [1.29, 1.82) is 0 Å². The second-order valence-electron chi connectivity index (χ2n) is 7.71. The predicted octanol–water partition coefficient (Wildman–Crippen LogP) is 4.19. The monoisotopic (exact) mass is 447 g/mol. The quantitative estimate of drug-likeness (QED) is 0.637. The summed E-state index contributed by atoms with van der Waals surface area (Å²) in [5, 5.41) is 1.13. The Morgan fingerprint density at radius 3 is 2.34 bits per heavy atom. The Labute approximate surface area is 188 Å². The molecular weight excluding hydrogens is 422 g/mol. The van der Waals surface area contributed by atoms with Gasteiger partial charge in [0.25, 0.3) is 15.9 Å². The van der Waals surface area contributed by atoms with E-state index in [4.69, 9.17) is 0 Å². The topological polar surface area (TPSA) is 69.7 Å². The Morgan fingerprint density at radius 1 is 0.906 bits per heavy atom. The molecule has 7 heteroatoms. The van der Waals surface area contributed by atoms with Gasteiger partial charge in [-0.3, -0.25) is 9.52 Å². The van der Waals surface area contributed by atoms with Gasteiger partial charge in [0.2, 0.25) is 0 Å². The number of para-hydroxylation sites is 1. The van der Waals surface area contributed by atoms with E-state index >= 15 is 0 Å². The number of likely N-dealkylation sites (N-methyl/N-ethyl adjacent to an activating group) is 1. The molecule has 1 N–H and O–H groups in total. The number of nitrogens with one attached hydrogen (secondary N) is 1. The molecule has 0 saturated carbocycles. The third-order valence-corrected chi connectivity index (χ3v) is 6.40. The summed E-state index contributed by atoms with van der Waals surface area (Å²) in [6.45, 7) is 1.90. The normalized spacial score (nSPS) is 14.2. The number of anilines is 2. The van der Waals surface area contributed by atoms with E-state index in [0.717, 1.165) is 28.8 Å². The van der Waals surface area contributed by atoms with Crippen molar-refractivity contribution in [3.05, 3.63) is 101 Å². The third kappa shape index (κ3) is 5.18. The van der Waals surface area contributed by atoms with Gasteiger partial charge in [0, 0.05) is 43.6 Å². The smallest absolute Gasteiger partial charge is 0.255 e. The van der Waals surface area contributed by atoms with Crippen molar-refractivity contribution in [3.63, 3.8) is 0 Å². The first-order chi connectivity index (χ1) is 15.4. The lowest BCUT2D eigenvalue weighted by Crippen LogP contribution is -2.34. The Balaban J connectivity index is 1.44. The average Bonchev–Trinajstić information content (AvgIpc) is 2.97. The summed E-state index contributed by atoms with van der Waals surface area (Å²) in [7, 11) is -1.63. The molecule has 0 radical (unpaired) electrons. The molecule has 0 fully saturated rings. The summed E-state index contributed by atoms with van der Waals surface area (Å²) in [6, 6.07) is 23.8. The van der Waals surface area contributed by atoms with Crippen molar-refractivity contribution < 1.29 is 13.2 Å². The molecule has 0 spiro atoms. The maximum Gasteiger partial charge on any atom is 0.255 e. The molecule has 1 aliphatic heterocycles. The summed E-state index contributed by atoms with van der Waals surface area (Å²) in [4.78, 5) is 17.1. The molecule has 3 aromatic carbocycles. The molecule has 4 rings (SSSR count). The SMILES string of the molecule is CN1CCN(C(=O)c2ccc(NS(=O)(=O)/C=C/c3ccccc3)cc2)Cc2ccccc21. The van der Waals surface area contributed by atoms with E-state index in [1.54, 1.807) is 24.3 Å². The van der Waals surface area contributed by atoms with Gasteiger partial charge in [-0.05, 0) is 47.5 Å². The predicted molar refractivity (Wildman–Crippen MR) is 129 cm³/mol. The van der Waals surface area contributed by atoms with Crippen LogP contribution in [0.15, 0.2) is 84.3 Å². The van der Waals surface area contributed by atoms with Crippen LogP contribution >= 0.6 is 0 Å². The first-order valence-corrected chi connectivity index (χ1v) is 11.9. The largest absolute Gasteiger partial charge is 0.373 e. The van der Waals surface area contributed by atoms with Gasteiger partial charge in [0.15, 0.2) is 0 Å². The van der Waals surface area contributed by atoms with Crippen LogP contribution in [-0.4, -0.2) is 39.4 Å². The lowest BCUT2D eigenvalue weighted by Gasteiger charge is -2.21. The van der Waals surface area contributed by atoms with Crippen molar-refractivity contribution in [3.8, 4) is 0 Å². The summed E-state index contributed by atoms with van der Waals surface area (Å²) in [5.41, 5.74) is 3.96. The summed E-state index contributed by atoms with van der Waals surface area (Å²) in [5.74, 6) is -0.0755. The maximum absolute atomic E-state index is 13.1. The highest BCUT2D eigenvalue weighted by molar-refractivity contribution is 7.95. The maximum atomic E-state index is 13.1. The Morgan fingerprint density at radius 2 is 1.59 bits per heavy atom. The zero-order valence-corrected chi connectivity index (χ0v) is 18.6. The van der Waals surface area contributed by atoms with Crippen molar-refractivity contribution in [2.24, 2.45) is 0 Å². The number of rotatable bonds is 5. The van der Waals surface area contributed by atoms with E-state index < -0.39 is 10.0 Å². The first kappa shape index (κ1) is 21.6. The van der Waals surface area contributed by atoms with Crippen LogP contribution < -0.4 is 9.62 Å². The minimum atomic E-state index is -3.66. The van der Waals surface area contributed by atoms with Crippen LogP contribution in [0.25, 0.3) is 6.08 Å². The number of carbonyl (C=O) groups excluding carboxylic acids is 1. The first-order valence-electron chi connectivity index (χ1n) is 10.4. The van der Waals surface area contributed by atoms with E-state index in [1.165, 1.54) is 6.08 Å². The Kier molecular flexibility index (Phi) is 6.28. The highest BCUT2D eigenvalue weighted by Crippen LogP contribution is 2.25. The van der Waals surface area contributed by atoms with Crippen molar-refractivity contribution >= 4 is 33.4 Å². The molecule has 6 nitrogen and oxygen atoms in total. The number of hydrogen-bond acceptors (Lipinski definition) is 4. The summed E-state index contributed by atoms with van der Waals surface area (Å²) >= 11 is 0. The molecule has 1 aliphatic rings. The molecular formula is C25H25N3O3S. The number of hydrogen-bond donors (Lipinski definition) is 1. The molecule has 3 aromatic rings. The minimum absolute atomic E-state index is 0.0755. The Bertz CT molecular complexity index is 1220. The van der Waals surface area contributed by atoms with Gasteiger partial charge in [-0.25, -0.2) is 8.42 Å². The number of benzene rings is 3. The van der Waals surface area contributed by atoms with E-state index in [1.807, 2.05) is 60.5 Å². The van der Waals surface area contributed by atoms with Crippen LogP contribution in [0.2, 0.25) is 0 Å². The van der Waals surface area contributed by atoms with Crippen molar-refractivity contribution in [2.45, 2.75) is 6.54 Å². The van der Waals surface area contributed by atoms with Crippen LogP contribution in [0.3, 0.4) is 0 Å². The van der Waals surface area contributed by atoms with Gasteiger partial charge in [0.05, 0.1) is 5.41 Å².